The van der Waals surface area contributed by atoms with Crippen LogP contribution < -0.4 is 10.6 Å². The van der Waals surface area contributed by atoms with Crippen LogP contribution in [-0.4, -0.2) is 36.0 Å². The fraction of sp³-hybridized carbons (Fsp3) is 0.438. The molecular formula is C16H20N4O2. The van der Waals surface area contributed by atoms with Crippen molar-refractivity contribution in [1.82, 2.24) is 15.5 Å². The quantitative estimate of drug-likeness (QED) is 0.860. The van der Waals surface area contributed by atoms with Crippen molar-refractivity contribution in [3.8, 4) is 6.07 Å². The van der Waals surface area contributed by atoms with Crippen LogP contribution in [-0.2, 0) is 11.3 Å². The van der Waals surface area contributed by atoms with Crippen LogP contribution in [0.1, 0.15) is 30.9 Å². The molecule has 3 amide bonds. The molecular weight excluding hydrogens is 280 g/mol. The summed E-state index contributed by atoms with van der Waals surface area (Å²) in [6, 6.07) is 8.68. The highest BCUT2D eigenvalue weighted by Crippen LogP contribution is 2.18. The summed E-state index contributed by atoms with van der Waals surface area (Å²) in [5, 5.41) is 14.0. The summed E-state index contributed by atoms with van der Waals surface area (Å²) >= 11 is 0. The normalized spacial score (nSPS) is 15.0. The molecule has 0 radical (unpaired) electrons. The van der Waals surface area contributed by atoms with Gasteiger partial charge in [0.15, 0.2) is 0 Å². The molecule has 1 saturated carbocycles. The van der Waals surface area contributed by atoms with Gasteiger partial charge in [-0.15, -0.1) is 0 Å². The molecule has 0 bridgehead atoms. The van der Waals surface area contributed by atoms with Crippen LogP contribution in [0, 0.1) is 11.3 Å². The summed E-state index contributed by atoms with van der Waals surface area (Å²) in [5.74, 6) is -0.336. The second-order valence-electron chi connectivity index (χ2n) is 5.64. The average molecular weight is 300 g/mol. The third-order valence-electron chi connectivity index (χ3n) is 3.68. The van der Waals surface area contributed by atoms with Crippen molar-refractivity contribution in [2.45, 2.75) is 38.4 Å². The molecule has 116 valence electrons. The van der Waals surface area contributed by atoms with Crippen molar-refractivity contribution < 1.29 is 9.59 Å². The summed E-state index contributed by atoms with van der Waals surface area (Å²) in [6.45, 7) is 2.27. The summed E-state index contributed by atoms with van der Waals surface area (Å²) < 4.78 is 0. The van der Waals surface area contributed by atoms with Gasteiger partial charge in [-0.2, -0.15) is 5.26 Å². The van der Waals surface area contributed by atoms with Gasteiger partial charge in [-0.05, 0) is 44.5 Å². The van der Waals surface area contributed by atoms with Crippen molar-refractivity contribution >= 4 is 11.9 Å². The molecule has 1 aliphatic rings. The Labute approximate surface area is 130 Å². The zero-order valence-corrected chi connectivity index (χ0v) is 12.8. The maximum Gasteiger partial charge on any atom is 0.321 e. The largest absolute Gasteiger partial charge is 0.335 e. The van der Waals surface area contributed by atoms with E-state index >= 15 is 0 Å². The fourth-order valence-electron chi connectivity index (χ4n) is 2.03. The molecule has 0 aromatic heterocycles. The van der Waals surface area contributed by atoms with Gasteiger partial charge in [-0.25, -0.2) is 4.79 Å². The first kappa shape index (κ1) is 16.0. The molecule has 1 aromatic rings. The number of nitriles is 1. The highest BCUT2D eigenvalue weighted by Gasteiger charge is 2.25. The number of likely N-dealkylation sites (N-methyl/N-ethyl adjacent to an activating group) is 1. The zero-order chi connectivity index (χ0) is 16.1. The molecule has 2 N–H and O–H groups in total. The summed E-state index contributed by atoms with van der Waals surface area (Å²) in [6.07, 6.45) is 1.96. The van der Waals surface area contributed by atoms with Gasteiger partial charge in [-0.3, -0.25) is 15.0 Å². The third-order valence-corrected chi connectivity index (χ3v) is 3.68. The first-order valence-electron chi connectivity index (χ1n) is 7.30. The van der Waals surface area contributed by atoms with Gasteiger partial charge in [0.1, 0.15) is 0 Å². The molecule has 6 heteroatoms. The van der Waals surface area contributed by atoms with Crippen LogP contribution in [0.4, 0.5) is 4.79 Å². The Balaban J connectivity index is 1.87. The number of hydrogen-bond acceptors (Lipinski definition) is 4. The molecule has 1 unspecified atom stereocenters. The van der Waals surface area contributed by atoms with Crippen LogP contribution in [0.25, 0.3) is 0 Å². The third kappa shape index (κ3) is 4.57. The van der Waals surface area contributed by atoms with Crippen LogP contribution >= 0.6 is 0 Å². The van der Waals surface area contributed by atoms with Crippen molar-refractivity contribution in [1.29, 1.82) is 5.26 Å². The predicted octanol–water partition coefficient (Wildman–Crippen LogP) is 1.37. The first-order chi connectivity index (χ1) is 10.5. The van der Waals surface area contributed by atoms with E-state index in [4.69, 9.17) is 5.26 Å². The highest BCUT2D eigenvalue weighted by atomic mass is 16.2. The van der Waals surface area contributed by atoms with Crippen molar-refractivity contribution in [3.05, 3.63) is 35.4 Å². The number of hydrogen-bond donors (Lipinski definition) is 2. The minimum Gasteiger partial charge on any atom is -0.335 e. The van der Waals surface area contributed by atoms with Gasteiger partial charge >= 0.3 is 6.03 Å². The molecule has 0 saturated heterocycles. The number of carbonyl (C=O) groups is 2. The van der Waals surface area contributed by atoms with E-state index in [1.54, 1.807) is 19.1 Å². The molecule has 22 heavy (non-hydrogen) atoms. The number of rotatable bonds is 5. The zero-order valence-electron chi connectivity index (χ0n) is 12.8. The first-order valence-corrected chi connectivity index (χ1v) is 7.30. The van der Waals surface area contributed by atoms with Crippen LogP contribution in [0.5, 0.6) is 0 Å². The lowest BCUT2D eigenvalue weighted by Crippen LogP contribution is -2.48. The molecule has 1 atom stereocenters. The fourth-order valence-corrected chi connectivity index (χ4v) is 2.03. The van der Waals surface area contributed by atoms with E-state index in [-0.39, 0.29) is 11.9 Å². The van der Waals surface area contributed by atoms with E-state index < -0.39 is 12.1 Å². The Morgan fingerprint density at radius 2 is 2.18 bits per heavy atom. The van der Waals surface area contributed by atoms with Crippen LogP contribution in [0.2, 0.25) is 0 Å². The van der Waals surface area contributed by atoms with Gasteiger partial charge in [0, 0.05) is 12.6 Å². The Kier molecular flexibility index (Phi) is 5.12. The van der Waals surface area contributed by atoms with Gasteiger partial charge in [0.25, 0.3) is 0 Å². The number of carbonyl (C=O) groups excluding carboxylic acids is 2. The molecule has 0 spiro atoms. The van der Waals surface area contributed by atoms with E-state index in [0.717, 1.165) is 18.4 Å². The number of nitrogens with zero attached hydrogens (tertiary/aromatic N) is 2. The van der Waals surface area contributed by atoms with Gasteiger partial charge in [-0.1, -0.05) is 12.1 Å². The lowest BCUT2D eigenvalue weighted by atomic mass is 10.1. The summed E-state index contributed by atoms with van der Waals surface area (Å²) in [5.41, 5.74) is 1.54. The highest BCUT2D eigenvalue weighted by molar-refractivity contribution is 5.96. The molecule has 0 aliphatic heterocycles. The Bertz CT molecular complexity index is 604. The van der Waals surface area contributed by atoms with Crippen LogP contribution in [0.15, 0.2) is 24.3 Å². The Morgan fingerprint density at radius 1 is 1.45 bits per heavy atom. The second-order valence-corrected chi connectivity index (χ2v) is 5.64. The minimum absolute atomic E-state index is 0.217. The Hall–Kier alpha value is -2.39. The van der Waals surface area contributed by atoms with Crippen molar-refractivity contribution in [2.75, 3.05) is 7.05 Å². The Morgan fingerprint density at radius 3 is 2.82 bits per heavy atom. The maximum atomic E-state index is 12.0. The van der Waals surface area contributed by atoms with Gasteiger partial charge < -0.3 is 5.32 Å². The summed E-state index contributed by atoms with van der Waals surface area (Å²) in [7, 11) is 1.81. The van der Waals surface area contributed by atoms with Gasteiger partial charge in [0.05, 0.1) is 17.7 Å². The van der Waals surface area contributed by atoms with Crippen LogP contribution in [0.3, 0.4) is 0 Å². The van der Waals surface area contributed by atoms with E-state index in [1.165, 1.54) is 0 Å². The van der Waals surface area contributed by atoms with E-state index in [9.17, 15) is 9.59 Å². The second kappa shape index (κ2) is 7.05. The topological polar surface area (TPSA) is 85.2 Å². The maximum absolute atomic E-state index is 12.0. The average Bonchev–Trinajstić information content (AvgIpc) is 3.30. The predicted molar refractivity (Wildman–Crippen MR) is 81.8 cm³/mol. The van der Waals surface area contributed by atoms with E-state index in [2.05, 4.69) is 16.7 Å². The molecule has 1 fully saturated rings. The van der Waals surface area contributed by atoms with E-state index in [1.807, 2.05) is 24.1 Å². The molecule has 6 nitrogen and oxygen atoms in total. The van der Waals surface area contributed by atoms with E-state index in [0.29, 0.717) is 12.1 Å². The standard InChI is InChI=1S/C16H20N4O2/c1-11(15(21)19-16(22)18-14-6-7-14)20(2)10-13-5-3-4-12(8-13)9-17/h3-5,8,11,14H,6-7,10H2,1-2H3,(H2,18,19,21,22). The number of nitrogens with one attached hydrogen (secondary N) is 2. The number of benzene rings is 1. The SMILES string of the molecule is CC(C(=O)NC(=O)NC1CC1)N(C)Cc1cccc(C#N)c1. The molecule has 2 rings (SSSR count). The number of imide groups is 1. The lowest BCUT2D eigenvalue weighted by Gasteiger charge is -2.23. The molecule has 1 aromatic carbocycles. The minimum atomic E-state index is -0.448. The smallest absolute Gasteiger partial charge is 0.321 e. The van der Waals surface area contributed by atoms with Crippen molar-refractivity contribution in [2.24, 2.45) is 0 Å². The molecule has 0 heterocycles. The monoisotopic (exact) mass is 300 g/mol. The van der Waals surface area contributed by atoms with Gasteiger partial charge in [0.2, 0.25) is 5.91 Å². The number of amides is 3. The summed E-state index contributed by atoms with van der Waals surface area (Å²) in [4.78, 5) is 25.4. The molecule has 1 aliphatic carbocycles. The lowest BCUT2D eigenvalue weighted by molar-refractivity contribution is -0.124. The van der Waals surface area contributed by atoms with Crippen molar-refractivity contribution in [3.63, 3.8) is 0 Å². The number of urea groups is 1.